The molecule has 2 rings (SSSR count). The van der Waals surface area contributed by atoms with Crippen molar-refractivity contribution in [1.29, 1.82) is 0 Å². The van der Waals surface area contributed by atoms with Crippen LogP contribution in [-0.4, -0.2) is 21.3 Å². The second kappa shape index (κ2) is 4.24. The molecule has 0 spiro atoms. The summed E-state index contributed by atoms with van der Waals surface area (Å²) in [6, 6.07) is 8.64. The van der Waals surface area contributed by atoms with Crippen LogP contribution in [0.25, 0.3) is 10.9 Å². The molecular formula is C11H11N3O2. The number of aromatic nitrogens is 2. The Bertz CT molecular complexity index is 527. The number of carboxylic acids is 1. The highest BCUT2D eigenvalue weighted by Crippen LogP contribution is 2.16. The van der Waals surface area contributed by atoms with Gasteiger partial charge in [-0.1, -0.05) is 18.2 Å². The maximum Gasteiger partial charge on any atom is 0.305 e. The van der Waals surface area contributed by atoms with Gasteiger partial charge in [-0.05, 0) is 12.1 Å². The van der Waals surface area contributed by atoms with E-state index in [4.69, 9.17) is 10.8 Å². The van der Waals surface area contributed by atoms with Crippen LogP contribution in [-0.2, 0) is 4.79 Å². The molecule has 1 unspecified atom stereocenters. The number of hydrogen-bond donors (Lipinski definition) is 2. The van der Waals surface area contributed by atoms with Crippen molar-refractivity contribution in [2.24, 2.45) is 5.73 Å². The first-order valence-electron chi connectivity index (χ1n) is 4.86. The Balaban J connectivity index is 2.35. The highest BCUT2D eigenvalue weighted by Gasteiger charge is 2.12. The van der Waals surface area contributed by atoms with Crippen molar-refractivity contribution in [3.63, 3.8) is 0 Å². The van der Waals surface area contributed by atoms with Crippen molar-refractivity contribution < 1.29 is 9.90 Å². The van der Waals surface area contributed by atoms with Crippen LogP contribution in [0.15, 0.2) is 30.3 Å². The zero-order valence-electron chi connectivity index (χ0n) is 8.50. The van der Waals surface area contributed by atoms with Gasteiger partial charge in [0, 0.05) is 5.39 Å². The van der Waals surface area contributed by atoms with Crippen LogP contribution in [0.2, 0.25) is 0 Å². The van der Waals surface area contributed by atoms with Crippen LogP contribution in [0.3, 0.4) is 0 Å². The maximum atomic E-state index is 10.5. The van der Waals surface area contributed by atoms with E-state index in [1.54, 1.807) is 6.07 Å². The topological polar surface area (TPSA) is 89.1 Å². The standard InChI is InChI=1S/C11H11N3O2/c12-8(6-11(15)16)10-5-7-3-1-2-4-9(7)13-14-10/h1-5,8H,6,12H2,(H,15,16). The molecule has 0 radical (unpaired) electrons. The molecule has 1 heterocycles. The lowest BCUT2D eigenvalue weighted by Gasteiger charge is -2.07. The molecule has 0 aliphatic rings. The molecule has 0 bridgehead atoms. The van der Waals surface area contributed by atoms with Gasteiger partial charge in [0.25, 0.3) is 0 Å². The molecule has 1 aromatic heterocycles. The van der Waals surface area contributed by atoms with Crippen LogP contribution < -0.4 is 5.73 Å². The Morgan fingerprint density at radius 1 is 1.38 bits per heavy atom. The van der Waals surface area contributed by atoms with E-state index in [2.05, 4.69) is 10.2 Å². The Morgan fingerprint density at radius 3 is 2.88 bits per heavy atom. The lowest BCUT2D eigenvalue weighted by Crippen LogP contribution is -2.16. The zero-order chi connectivity index (χ0) is 11.5. The number of nitrogens with two attached hydrogens (primary N) is 1. The molecule has 0 fully saturated rings. The van der Waals surface area contributed by atoms with Crippen LogP contribution in [0.1, 0.15) is 18.2 Å². The molecule has 0 saturated carbocycles. The van der Waals surface area contributed by atoms with Gasteiger partial charge in [0.05, 0.1) is 23.7 Å². The van der Waals surface area contributed by atoms with E-state index < -0.39 is 12.0 Å². The highest BCUT2D eigenvalue weighted by atomic mass is 16.4. The molecule has 2 aromatic rings. The van der Waals surface area contributed by atoms with Crippen molar-refractivity contribution in [2.45, 2.75) is 12.5 Å². The van der Waals surface area contributed by atoms with Crippen molar-refractivity contribution >= 4 is 16.9 Å². The summed E-state index contributed by atoms with van der Waals surface area (Å²) in [4.78, 5) is 10.5. The van der Waals surface area contributed by atoms with Crippen LogP contribution in [0, 0.1) is 0 Å². The van der Waals surface area contributed by atoms with Crippen molar-refractivity contribution in [1.82, 2.24) is 10.2 Å². The van der Waals surface area contributed by atoms with E-state index >= 15 is 0 Å². The van der Waals surface area contributed by atoms with Crippen LogP contribution in [0.5, 0.6) is 0 Å². The van der Waals surface area contributed by atoms with E-state index in [0.717, 1.165) is 10.9 Å². The average molecular weight is 217 g/mol. The smallest absolute Gasteiger partial charge is 0.305 e. The molecular weight excluding hydrogens is 206 g/mol. The van der Waals surface area contributed by atoms with Crippen molar-refractivity contribution in [3.05, 3.63) is 36.0 Å². The van der Waals surface area contributed by atoms with E-state index in [9.17, 15) is 4.79 Å². The van der Waals surface area contributed by atoms with E-state index in [1.807, 2.05) is 24.3 Å². The molecule has 0 aliphatic carbocycles. The minimum atomic E-state index is -0.942. The molecule has 82 valence electrons. The van der Waals surface area contributed by atoms with Gasteiger partial charge in [0.2, 0.25) is 0 Å². The molecule has 0 amide bonds. The fourth-order valence-corrected chi connectivity index (χ4v) is 1.47. The largest absolute Gasteiger partial charge is 0.481 e. The third kappa shape index (κ3) is 2.14. The third-order valence-corrected chi connectivity index (χ3v) is 2.29. The summed E-state index contributed by atoms with van der Waals surface area (Å²) in [7, 11) is 0. The predicted molar refractivity (Wildman–Crippen MR) is 58.7 cm³/mol. The summed E-state index contributed by atoms with van der Waals surface area (Å²) in [5.41, 5.74) is 6.98. The lowest BCUT2D eigenvalue weighted by atomic mass is 10.1. The number of carbonyl (C=O) groups is 1. The molecule has 1 atom stereocenters. The summed E-state index contributed by atoms with van der Waals surface area (Å²) in [6.07, 6.45) is -0.146. The normalized spacial score (nSPS) is 12.6. The molecule has 16 heavy (non-hydrogen) atoms. The second-order valence-corrected chi connectivity index (χ2v) is 3.53. The SMILES string of the molecule is NC(CC(=O)O)c1cc2ccccc2nn1. The van der Waals surface area contributed by atoms with Crippen molar-refractivity contribution in [2.75, 3.05) is 0 Å². The zero-order valence-corrected chi connectivity index (χ0v) is 8.50. The van der Waals surface area contributed by atoms with Gasteiger partial charge < -0.3 is 10.8 Å². The predicted octanol–water partition coefficient (Wildman–Crippen LogP) is 1.10. The van der Waals surface area contributed by atoms with Gasteiger partial charge in [-0.25, -0.2) is 0 Å². The first kappa shape index (κ1) is 10.5. The minimum Gasteiger partial charge on any atom is -0.481 e. The van der Waals surface area contributed by atoms with Gasteiger partial charge in [-0.15, -0.1) is 0 Å². The molecule has 3 N–H and O–H groups in total. The summed E-state index contributed by atoms with van der Waals surface area (Å²) in [5.74, 6) is -0.942. The highest BCUT2D eigenvalue weighted by molar-refractivity contribution is 5.78. The summed E-state index contributed by atoms with van der Waals surface area (Å²) < 4.78 is 0. The number of carboxylic acid groups (broad SMARTS) is 1. The number of benzene rings is 1. The molecule has 5 nitrogen and oxygen atoms in total. The van der Waals surface area contributed by atoms with Gasteiger partial charge in [-0.2, -0.15) is 10.2 Å². The van der Waals surface area contributed by atoms with Crippen molar-refractivity contribution in [3.8, 4) is 0 Å². The maximum absolute atomic E-state index is 10.5. The molecule has 5 heteroatoms. The van der Waals surface area contributed by atoms with Gasteiger partial charge in [0.15, 0.2) is 0 Å². The number of nitrogens with zero attached hydrogens (tertiary/aromatic N) is 2. The molecule has 0 saturated heterocycles. The van der Waals surface area contributed by atoms with E-state index in [1.165, 1.54) is 0 Å². The van der Waals surface area contributed by atoms with Gasteiger partial charge >= 0.3 is 5.97 Å². The fourth-order valence-electron chi connectivity index (χ4n) is 1.47. The summed E-state index contributed by atoms with van der Waals surface area (Å²) in [5, 5.41) is 17.4. The summed E-state index contributed by atoms with van der Waals surface area (Å²) >= 11 is 0. The summed E-state index contributed by atoms with van der Waals surface area (Å²) in [6.45, 7) is 0. The van der Waals surface area contributed by atoms with Gasteiger partial charge in [0.1, 0.15) is 0 Å². The minimum absolute atomic E-state index is 0.146. The first-order valence-corrected chi connectivity index (χ1v) is 4.86. The first-order chi connectivity index (χ1) is 7.66. The number of hydrogen-bond acceptors (Lipinski definition) is 4. The van der Waals surface area contributed by atoms with E-state index in [-0.39, 0.29) is 6.42 Å². The quantitative estimate of drug-likeness (QED) is 0.803. The average Bonchev–Trinajstić information content (AvgIpc) is 2.27. The third-order valence-electron chi connectivity index (χ3n) is 2.29. The van der Waals surface area contributed by atoms with Crippen LogP contribution in [0.4, 0.5) is 0 Å². The Labute approximate surface area is 91.9 Å². The number of fused-ring (bicyclic) bond motifs is 1. The number of rotatable bonds is 3. The Kier molecular flexibility index (Phi) is 2.78. The fraction of sp³-hybridized carbons (Fsp3) is 0.182. The Hall–Kier alpha value is -2.01. The number of aliphatic carboxylic acids is 1. The monoisotopic (exact) mass is 217 g/mol. The molecule has 1 aromatic carbocycles. The lowest BCUT2D eigenvalue weighted by molar-refractivity contribution is -0.137. The molecule has 0 aliphatic heterocycles. The van der Waals surface area contributed by atoms with Gasteiger partial charge in [-0.3, -0.25) is 4.79 Å². The Morgan fingerprint density at radius 2 is 2.12 bits per heavy atom. The second-order valence-electron chi connectivity index (χ2n) is 3.53. The van der Waals surface area contributed by atoms with E-state index in [0.29, 0.717) is 5.69 Å². The van der Waals surface area contributed by atoms with Crippen LogP contribution >= 0.6 is 0 Å².